The van der Waals surface area contributed by atoms with E-state index < -0.39 is 0 Å². The minimum Gasteiger partial charge on any atom is -0.308 e. The van der Waals surface area contributed by atoms with Gasteiger partial charge in [0.15, 0.2) is 0 Å². The molecule has 0 saturated carbocycles. The maximum atomic E-state index is 3.75. The molecule has 1 aliphatic carbocycles. The van der Waals surface area contributed by atoms with Crippen molar-refractivity contribution in [2.75, 3.05) is 6.54 Å². The largest absolute Gasteiger partial charge is 0.308 e. The summed E-state index contributed by atoms with van der Waals surface area (Å²) < 4.78 is 0. The van der Waals surface area contributed by atoms with Crippen LogP contribution in [0.2, 0.25) is 0 Å². The third-order valence-electron chi connectivity index (χ3n) is 3.73. The molecule has 1 saturated heterocycles. The Morgan fingerprint density at radius 2 is 2.19 bits per heavy atom. The Bertz CT molecular complexity index is 377. The van der Waals surface area contributed by atoms with E-state index in [2.05, 4.69) is 48.3 Å². The van der Waals surface area contributed by atoms with Crippen LogP contribution in [0.25, 0.3) is 0 Å². The first-order chi connectivity index (χ1) is 7.84. The van der Waals surface area contributed by atoms with Crippen molar-refractivity contribution < 1.29 is 0 Å². The molecule has 2 heteroatoms. The third kappa shape index (κ3) is 1.89. The van der Waals surface area contributed by atoms with Gasteiger partial charge in [-0.25, -0.2) is 0 Å². The van der Waals surface area contributed by atoms with Gasteiger partial charge in [0.25, 0.3) is 0 Å². The lowest BCUT2D eigenvalue weighted by Gasteiger charge is -2.35. The zero-order chi connectivity index (χ0) is 11.0. The van der Waals surface area contributed by atoms with E-state index in [0.29, 0.717) is 6.04 Å². The molecule has 86 valence electrons. The van der Waals surface area contributed by atoms with Crippen LogP contribution in [0, 0.1) is 0 Å². The molecule has 1 heterocycles. The van der Waals surface area contributed by atoms with Crippen LogP contribution in [-0.4, -0.2) is 17.0 Å². The Morgan fingerprint density at radius 3 is 3.12 bits per heavy atom. The van der Waals surface area contributed by atoms with Crippen molar-refractivity contribution in [1.29, 1.82) is 0 Å². The molecule has 3 atom stereocenters. The molecule has 1 aromatic rings. The summed E-state index contributed by atoms with van der Waals surface area (Å²) in [5, 5.41) is 5.30. The Morgan fingerprint density at radius 1 is 1.31 bits per heavy atom. The molecule has 16 heavy (non-hydrogen) atoms. The van der Waals surface area contributed by atoms with E-state index in [1.54, 1.807) is 11.1 Å². The van der Waals surface area contributed by atoms with Crippen LogP contribution in [0.5, 0.6) is 0 Å². The lowest BCUT2D eigenvalue weighted by Crippen LogP contribution is -2.40. The molecule has 3 rings (SSSR count). The Kier molecular flexibility index (Phi) is 2.95. The van der Waals surface area contributed by atoms with Gasteiger partial charge < -0.3 is 5.32 Å². The third-order valence-corrected chi connectivity index (χ3v) is 5.22. The number of thioether (sulfide) groups is 1. The van der Waals surface area contributed by atoms with Crippen molar-refractivity contribution in [2.24, 2.45) is 0 Å². The van der Waals surface area contributed by atoms with Crippen LogP contribution in [-0.2, 0) is 6.42 Å². The fraction of sp³-hybridized carbons (Fsp3) is 0.571. The molecule has 0 spiro atoms. The van der Waals surface area contributed by atoms with Gasteiger partial charge in [0.1, 0.15) is 0 Å². The average molecular weight is 233 g/mol. The fourth-order valence-corrected chi connectivity index (χ4v) is 4.45. The zero-order valence-corrected chi connectivity index (χ0v) is 10.6. The van der Waals surface area contributed by atoms with Crippen molar-refractivity contribution >= 4 is 11.8 Å². The number of hydrogen-bond donors (Lipinski definition) is 1. The first-order valence-corrected chi connectivity index (χ1v) is 7.25. The Hall–Kier alpha value is -0.470. The molecule has 1 nitrogen and oxygen atoms in total. The van der Waals surface area contributed by atoms with Gasteiger partial charge in [0.2, 0.25) is 0 Å². The lowest BCUT2D eigenvalue weighted by atomic mass is 9.98. The van der Waals surface area contributed by atoms with E-state index in [0.717, 1.165) is 17.0 Å². The van der Waals surface area contributed by atoms with Gasteiger partial charge in [-0.15, -0.1) is 0 Å². The molecule has 1 fully saturated rings. The Balaban J connectivity index is 1.95. The van der Waals surface area contributed by atoms with E-state index in [-0.39, 0.29) is 0 Å². The lowest BCUT2D eigenvalue weighted by molar-refractivity contribution is 0.483. The second-order valence-electron chi connectivity index (χ2n) is 4.96. The molecule has 1 N–H and O–H groups in total. The number of fused-ring (bicyclic) bond motifs is 3. The quantitative estimate of drug-likeness (QED) is 0.739. The van der Waals surface area contributed by atoms with E-state index in [1.807, 2.05) is 0 Å². The van der Waals surface area contributed by atoms with Gasteiger partial charge in [-0.2, -0.15) is 11.8 Å². The van der Waals surface area contributed by atoms with Crippen molar-refractivity contribution in [1.82, 2.24) is 5.32 Å². The maximum Gasteiger partial charge on any atom is 0.0443 e. The molecule has 1 aromatic carbocycles. The second kappa shape index (κ2) is 4.42. The molecule has 0 aromatic heterocycles. The maximum absolute atomic E-state index is 3.75. The molecule has 0 amide bonds. The smallest absolute Gasteiger partial charge is 0.0443 e. The van der Waals surface area contributed by atoms with Gasteiger partial charge in [-0.3, -0.25) is 0 Å². The topological polar surface area (TPSA) is 12.0 Å². The summed E-state index contributed by atoms with van der Waals surface area (Å²) in [4.78, 5) is 0. The van der Waals surface area contributed by atoms with Crippen LogP contribution < -0.4 is 5.32 Å². The summed E-state index contributed by atoms with van der Waals surface area (Å²) in [5.41, 5.74) is 3.13. The normalized spacial score (nSPS) is 33.7. The van der Waals surface area contributed by atoms with Crippen LogP contribution in [0.15, 0.2) is 24.3 Å². The zero-order valence-electron chi connectivity index (χ0n) is 9.78. The van der Waals surface area contributed by atoms with Crippen molar-refractivity contribution in [3.63, 3.8) is 0 Å². The molecule has 0 bridgehead atoms. The highest BCUT2D eigenvalue weighted by molar-refractivity contribution is 8.00. The summed E-state index contributed by atoms with van der Waals surface area (Å²) in [6.45, 7) is 3.49. The minimum absolute atomic E-state index is 0.597. The van der Waals surface area contributed by atoms with E-state index in [9.17, 15) is 0 Å². The molecule has 2 aliphatic rings. The molecule has 3 unspecified atom stereocenters. The SMILES string of the molecule is CC1CNC2c3ccccc3CCCC2S1. The predicted molar refractivity (Wildman–Crippen MR) is 71.0 cm³/mol. The molecular weight excluding hydrogens is 214 g/mol. The monoisotopic (exact) mass is 233 g/mol. The first kappa shape index (κ1) is 10.7. The highest BCUT2D eigenvalue weighted by Gasteiger charge is 2.32. The van der Waals surface area contributed by atoms with Gasteiger partial charge in [-0.05, 0) is 30.4 Å². The summed E-state index contributed by atoms with van der Waals surface area (Å²) >= 11 is 2.18. The standard InChI is InChI=1S/C14H19NS/c1-10-9-15-14-12-7-3-2-5-11(12)6-4-8-13(14)16-10/h2-3,5,7,10,13-15H,4,6,8-9H2,1H3. The highest BCUT2D eigenvalue weighted by atomic mass is 32.2. The average Bonchev–Trinajstić information content (AvgIpc) is 2.47. The van der Waals surface area contributed by atoms with Crippen molar-refractivity contribution in [2.45, 2.75) is 42.7 Å². The Labute approximate surface area is 102 Å². The number of nitrogens with one attached hydrogen (secondary N) is 1. The number of benzene rings is 1. The summed E-state index contributed by atoms with van der Waals surface area (Å²) in [6, 6.07) is 9.59. The first-order valence-electron chi connectivity index (χ1n) is 6.31. The summed E-state index contributed by atoms with van der Waals surface area (Å²) in [6.07, 6.45) is 3.97. The number of rotatable bonds is 0. The van der Waals surface area contributed by atoms with Crippen LogP contribution >= 0.6 is 11.8 Å². The fourth-order valence-electron chi connectivity index (χ4n) is 2.95. The minimum atomic E-state index is 0.597. The molecule has 1 aliphatic heterocycles. The van der Waals surface area contributed by atoms with Gasteiger partial charge in [0, 0.05) is 23.1 Å². The van der Waals surface area contributed by atoms with E-state index in [4.69, 9.17) is 0 Å². The summed E-state index contributed by atoms with van der Waals surface area (Å²) in [7, 11) is 0. The summed E-state index contributed by atoms with van der Waals surface area (Å²) in [5.74, 6) is 0. The van der Waals surface area contributed by atoms with Crippen LogP contribution in [0.4, 0.5) is 0 Å². The van der Waals surface area contributed by atoms with Crippen molar-refractivity contribution in [3.8, 4) is 0 Å². The van der Waals surface area contributed by atoms with Crippen LogP contribution in [0.3, 0.4) is 0 Å². The molecular formula is C14H19NS. The molecule has 0 radical (unpaired) electrons. The second-order valence-corrected chi connectivity index (χ2v) is 6.64. The van der Waals surface area contributed by atoms with Crippen LogP contribution in [0.1, 0.15) is 36.9 Å². The number of aryl methyl sites for hydroxylation is 1. The predicted octanol–water partition coefficient (Wildman–Crippen LogP) is 3.16. The van der Waals surface area contributed by atoms with Crippen molar-refractivity contribution in [3.05, 3.63) is 35.4 Å². The number of hydrogen-bond acceptors (Lipinski definition) is 2. The van der Waals surface area contributed by atoms with E-state index >= 15 is 0 Å². The highest BCUT2D eigenvalue weighted by Crippen LogP contribution is 2.39. The van der Waals surface area contributed by atoms with Gasteiger partial charge >= 0.3 is 0 Å². The van der Waals surface area contributed by atoms with Gasteiger partial charge in [0.05, 0.1) is 0 Å². The van der Waals surface area contributed by atoms with E-state index in [1.165, 1.54) is 19.3 Å². The van der Waals surface area contributed by atoms with Gasteiger partial charge in [-0.1, -0.05) is 31.2 Å².